The van der Waals surface area contributed by atoms with E-state index < -0.39 is 5.97 Å². The number of benzene rings is 2. The largest absolute Gasteiger partial charge is 0.478 e. The second kappa shape index (κ2) is 11.5. The van der Waals surface area contributed by atoms with Crippen molar-refractivity contribution in [2.45, 2.75) is 54.5 Å². The first-order valence-electron chi connectivity index (χ1n) is 11.4. The van der Waals surface area contributed by atoms with Crippen LogP contribution in [0.1, 0.15) is 69.0 Å². The van der Waals surface area contributed by atoms with Gasteiger partial charge in [0, 0.05) is 23.5 Å². The molecule has 0 saturated carbocycles. The Morgan fingerprint density at radius 1 is 1.00 bits per heavy atom. The Morgan fingerprint density at radius 2 is 1.62 bits per heavy atom. The van der Waals surface area contributed by atoms with Crippen LogP contribution in [0.2, 0.25) is 0 Å². The van der Waals surface area contributed by atoms with Crippen molar-refractivity contribution in [2.75, 3.05) is 0 Å². The molecule has 0 aliphatic carbocycles. The maximum Gasteiger partial charge on any atom is 0.336 e. The van der Waals surface area contributed by atoms with Gasteiger partial charge in [-0.25, -0.2) is 4.79 Å². The minimum Gasteiger partial charge on any atom is -0.478 e. The lowest BCUT2D eigenvalue weighted by Crippen LogP contribution is -2.12. The number of hydrogen-bond donors (Lipinski definition) is 2. The summed E-state index contributed by atoms with van der Waals surface area (Å²) in [5, 5.41) is 9.73. The minimum atomic E-state index is -0.929. The molecule has 0 fully saturated rings. The first kappa shape index (κ1) is 27.3. The van der Waals surface area contributed by atoms with E-state index in [-0.39, 0.29) is 12.4 Å². The maximum absolute atomic E-state index is 11.9. The number of nitrogens with zero attached hydrogens (tertiary/aromatic N) is 1. The Kier molecular flexibility index (Phi) is 9.20. The first-order valence-corrected chi connectivity index (χ1v) is 11.4. The third kappa shape index (κ3) is 5.75. The van der Waals surface area contributed by atoms with E-state index >= 15 is 0 Å². The number of carboxylic acids is 1. The number of carboxylic acid groups (broad SMARTS) is 1. The highest BCUT2D eigenvalue weighted by Gasteiger charge is 2.19. The van der Waals surface area contributed by atoms with Crippen molar-refractivity contribution in [3.05, 3.63) is 86.7 Å². The zero-order valence-corrected chi connectivity index (χ0v) is 21.7. The minimum absolute atomic E-state index is 0. The third-order valence-corrected chi connectivity index (χ3v) is 6.19. The molecule has 5 heteroatoms. The lowest BCUT2D eigenvalue weighted by molar-refractivity contribution is 0.0696. The Morgan fingerprint density at radius 3 is 2.18 bits per heavy atom. The number of pyridine rings is 1. The Hall–Kier alpha value is -2.95. The molecular weight excluding hydrogens is 444 g/mol. The fourth-order valence-electron chi connectivity index (χ4n) is 4.25. The summed E-state index contributed by atoms with van der Waals surface area (Å²) < 4.78 is 0. The van der Waals surface area contributed by atoms with Gasteiger partial charge in [0.2, 0.25) is 0 Å². The molecule has 2 aromatic carbocycles. The van der Waals surface area contributed by atoms with E-state index in [1.165, 1.54) is 5.56 Å². The quantitative estimate of drug-likeness (QED) is 0.386. The van der Waals surface area contributed by atoms with Gasteiger partial charge in [-0.05, 0) is 79.5 Å². The van der Waals surface area contributed by atoms with Crippen LogP contribution in [0.5, 0.6) is 0 Å². The second-order valence-electron chi connectivity index (χ2n) is 9.19. The number of aromatic nitrogens is 1. The molecule has 34 heavy (non-hydrogen) atoms. The Labute approximate surface area is 209 Å². The molecule has 0 spiro atoms. The maximum atomic E-state index is 11.9. The van der Waals surface area contributed by atoms with Gasteiger partial charge in [-0.2, -0.15) is 0 Å². The van der Waals surface area contributed by atoms with E-state index in [9.17, 15) is 9.90 Å². The molecule has 3 rings (SSSR count). The van der Waals surface area contributed by atoms with Gasteiger partial charge in [-0.1, -0.05) is 61.9 Å². The molecule has 0 aliphatic heterocycles. The van der Waals surface area contributed by atoms with Crippen molar-refractivity contribution < 1.29 is 9.90 Å². The fourth-order valence-corrected chi connectivity index (χ4v) is 4.25. The van der Waals surface area contributed by atoms with Crippen LogP contribution in [0.4, 0.5) is 0 Å². The molecule has 0 saturated heterocycles. The van der Waals surface area contributed by atoms with E-state index in [0.717, 1.165) is 56.8 Å². The molecule has 0 atom stereocenters. The number of aromatic carboxylic acids is 1. The molecule has 1 aromatic heterocycles. The van der Waals surface area contributed by atoms with Crippen molar-refractivity contribution in [1.29, 1.82) is 0 Å². The van der Waals surface area contributed by atoms with Gasteiger partial charge in [0.05, 0.1) is 5.56 Å². The number of halogens is 1. The molecule has 0 unspecified atom stereocenters. The van der Waals surface area contributed by atoms with Crippen LogP contribution in [0.3, 0.4) is 0 Å². The first-order chi connectivity index (χ1) is 15.6. The van der Waals surface area contributed by atoms with Crippen molar-refractivity contribution in [3.8, 4) is 11.1 Å². The van der Waals surface area contributed by atoms with Gasteiger partial charge >= 0.3 is 5.97 Å². The highest BCUT2D eigenvalue weighted by molar-refractivity contribution is 5.95. The van der Waals surface area contributed by atoms with Gasteiger partial charge < -0.3 is 10.8 Å². The van der Waals surface area contributed by atoms with Crippen LogP contribution in [-0.4, -0.2) is 16.1 Å². The summed E-state index contributed by atoms with van der Waals surface area (Å²) in [4.78, 5) is 16.8. The van der Waals surface area contributed by atoms with Crippen molar-refractivity contribution >= 4 is 30.5 Å². The lowest BCUT2D eigenvalue weighted by atomic mass is 9.89. The predicted molar refractivity (Wildman–Crippen MR) is 145 cm³/mol. The van der Waals surface area contributed by atoms with Gasteiger partial charge in [0.25, 0.3) is 0 Å². The monoisotopic (exact) mass is 478 g/mol. The van der Waals surface area contributed by atoms with Crippen molar-refractivity contribution in [2.24, 2.45) is 11.7 Å². The van der Waals surface area contributed by atoms with Crippen LogP contribution in [0, 0.1) is 33.6 Å². The van der Waals surface area contributed by atoms with Crippen LogP contribution in [0.25, 0.3) is 23.3 Å². The third-order valence-electron chi connectivity index (χ3n) is 6.19. The van der Waals surface area contributed by atoms with Gasteiger partial charge in [0.1, 0.15) is 0 Å². The van der Waals surface area contributed by atoms with E-state index in [0.29, 0.717) is 18.0 Å². The highest BCUT2D eigenvalue weighted by Crippen LogP contribution is 2.34. The van der Waals surface area contributed by atoms with E-state index in [1.807, 2.05) is 39.0 Å². The van der Waals surface area contributed by atoms with Crippen LogP contribution < -0.4 is 5.73 Å². The van der Waals surface area contributed by atoms with E-state index in [1.54, 1.807) is 6.07 Å². The van der Waals surface area contributed by atoms with Crippen LogP contribution >= 0.6 is 12.4 Å². The molecule has 0 amide bonds. The summed E-state index contributed by atoms with van der Waals surface area (Å²) in [6.07, 6.45) is 4.77. The summed E-state index contributed by atoms with van der Waals surface area (Å²) in [6, 6.07) is 12.0. The molecule has 4 nitrogen and oxygen atoms in total. The summed E-state index contributed by atoms with van der Waals surface area (Å²) in [7, 11) is 0. The van der Waals surface area contributed by atoms with Crippen LogP contribution in [0.15, 0.2) is 36.4 Å². The molecule has 0 bridgehead atoms. The van der Waals surface area contributed by atoms with Gasteiger partial charge in [0.15, 0.2) is 0 Å². The summed E-state index contributed by atoms with van der Waals surface area (Å²) in [5.74, 6) is -0.469. The molecule has 1 heterocycles. The molecule has 0 radical (unpaired) electrons. The highest BCUT2D eigenvalue weighted by atomic mass is 35.5. The number of nitrogens with two attached hydrogens (primary N) is 1. The molecule has 180 valence electrons. The topological polar surface area (TPSA) is 76.2 Å². The Bertz CT molecular complexity index is 1210. The van der Waals surface area contributed by atoms with E-state index in [4.69, 9.17) is 10.7 Å². The average molecular weight is 479 g/mol. The summed E-state index contributed by atoms with van der Waals surface area (Å²) in [6.45, 7) is 12.8. The van der Waals surface area contributed by atoms with Crippen molar-refractivity contribution in [3.63, 3.8) is 0 Å². The summed E-state index contributed by atoms with van der Waals surface area (Å²) in [5.41, 5.74) is 16.7. The zero-order valence-electron chi connectivity index (χ0n) is 20.9. The summed E-state index contributed by atoms with van der Waals surface area (Å²) >= 11 is 0. The second-order valence-corrected chi connectivity index (χ2v) is 9.19. The van der Waals surface area contributed by atoms with Gasteiger partial charge in [-0.3, -0.25) is 4.98 Å². The lowest BCUT2D eigenvalue weighted by Gasteiger charge is -2.20. The zero-order chi connectivity index (χ0) is 24.3. The number of rotatable bonds is 7. The number of carbonyl (C=O) groups is 1. The molecular formula is C29H35ClN2O2. The smallest absolute Gasteiger partial charge is 0.336 e. The number of aryl methyl sites for hydroxylation is 3. The number of hydrogen-bond acceptors (Lipinski definition) is 3. The standard InChI is InChI=1S/C29H34N2O2.ClH/c1-17(2)15-27-26(16-30)28(22-10-7-18(3)8-11-22)24(21(6)31-27)14-13-23-20(5)19(4)9-12-25(23)29(32)33;/h7-14,17H,15-16,30H2,1-6H3,(H,32,33);1H/b14-13+;. The molecule has 0 aliphatic rings. The molecule has 3 aromatic rings. The van der Waals surface area contributed by atoms with E-state index in [2.05, 4.69) is 45.0 Å². The average Bonchev–Trinajstić information content (AvgIpc) is 2.75. The predicted octanol–water partition coefficient (Wildman–Crippen LogP) is 6.93. The van der Waals surface area contributed by atoms with Crippen LogP contribution in [-0.2, 0) is 13.0 Å². The SMILES string of the molecule is Cc1ccc(-c2c(/C=C/c3c(C(=O)O)ccc(C)c3C)c(C)nc(CC(C)C)c2CN)cc1.Cl. The fraction of sp³-hybridized carbons (Fsp3) is 0.310. The molecule has 3 N–H and O–H groups in total. The normalized spacial score (nSPS) is 11.2. The van der Waals surface area contributed by atoms with Gasteiger partial charge in [-0.15, -0.1) is 12.4 Å². The Balaban J connectivity index is 0.00000408. The van der Waals surface area contributed by atoms with Crippen molar-refractivity contribution in [1.82, 2.24) is 4.98 Å².